The lowest BCUT2D eigenvalue weighted by atomic mass is 10.1. The van der Waals surface area contributed by atoms with E-state index >= 15 is 0 Å². The molecule has 0 aliphatic heterocycles. The first-order chi connectivity index (χ1) is 8.24. The Kier molecular flexibility index (Phi) is 3.09. The summed E-state index contributed by atoms with van der Waals surface area (Å²) in [5.41, 5.74) is 1.20. The Morgan fingerprint density at radius 3 is 2.65 bits per heavy atom. The summed E-state index contributed by atoms with van der Waals surface area (Å²) < 4.78 is 10.4. The minimum absolute atomic E-state index is 0.257. The number of benzene rings is 1. The fraction of sp³-hybridized carbons (Fsp3) is 0.167. The van der Waals surface area contributed by atoms with Crippen LogP contribution in [0.15, 0.2) is 35.3 Å². The van der Waals surface area contributed by atoms with Crippen molar-refractivity contribution in [2.45, 2.75) is 0 Å². The molecule has 0 aliphatic rings. The third kappa shape index (κ3) is 2.28. The molecule has 5 nitrogen and oxygen atoms in total. The van der Waals surface area contributed by atoms with Crippen LogP contribution in [0.4, 0.5) is 0 Å². The van der Waals surface area contributed by atoms with Gasteiger partial charge in [0.2, 0.25) is 0 Å². The molecule has 0 spiro atoms. The lowest BCUT2D eigenvalue weighted by molar-refractivity contribution is 0.404. The molecule has 0 atom stereocenters. The summed E-state index contributed by atoms with van der Waals surface area (Å²) >= 11 is 0. The van der Waals surface area contributed by atoms with Crippen molar-refractivity contribution >= 4 is 0 Å². The quantitative estimate of drug-likeness (QED) is 0.870. The van der Waals surface area contributed by atoms with Crippen molar-refractivity contribution in [3.05, 3.63) is 40.8 Å². The van der Waals surface area contributed by atoms with Crippen LogP contribution in [-0.2, 0) is 0 Å². The number of hydrogen-bond acceptors (Lipinski definition) is 4. The van der Waals surface area contributed by atoms with Crippen LogP contribution in [0, 0.1) is 0 Å². The van der Waals surface area contributed by atoms with Gasteiger partial charge in [0.25, 0.3) is 5.56 Å². The van der Waals surface area contributed by atoms with Gasteiger partial charge in [0.05, 0.1) is 20.4 Å². The highest BCUT2D eigenvalue weighted by Crippen LogP contribution is 2.32. The number of aromatic nitrogens is 2. The molecule has 1 N–H and O–H groups in total. The van der Waals surface area contributed by atoms with Gasteiger partial charge in [-0.05, 0) is 18.2 Å². The average molecular weight is 232 g/mol. The summed E-state index contributed by atoms with van der Waals surface area (Å²) in [7, 11) is 3.16. The van der Waals surface area contributed by atoms with E-state index in [1.165, 1.54) is 6.07 Å². The number of ether oxygens (including phenoxy) is 2. The van der Waals surface area contributed by atoms with Gasteiger partial charge in [-0.3, -0.25) is 4.79 Å². The van der Waals surface area contributed by atoms with Crippen LogP contribution >= 0.6 is 0 Å². The van der Waals surface area contributed by atoms with Gasteiger partial charge in [0, 0.05) is 17.2 Å². The minimum atomic E-state index is -0.257. The van der Waals surface area contributed by atoms with E-state index < -0.39 is 0 Å². The van der Waals surface area contributed by atoms with E-state index in [1.54, 1.807) is 38.6 Å². The third-order valence-corrected chi connectivity index (χ3v) is 2.38. The maximum atomic E-state index is 11.2. The normalized spacial score (nSPS) is 10.0. The lowest BCUT2D eigenvalue weighted by Crippen LogP contribution is -2.05. The molecule has 0 unspecified atom stereocenters. The highest BCUT2D eigenvalue weighted by Gasteiger charge is 2.08. The van der Waals surface area contributed by atoms with Crippen LogP contribution in [0.5, 0.6) is 11.5 Å². The zero-order chi connectivity index (χ0) is 12.3. The van der Waals surface area contributed by atoms with E-state index in [0.717, 1.165) is 5.56 Å². The van der Waals surface area contributed by atoms with E-state index in [9.17, 15) is 4.79 Å². The number of hydrogen-bond donors (Lipinski definition) is 1. The maximum Gasteiger partial charge on any atom is 0.264 e. The number of methoxy groups -OCH3 is 2. The van der Waals surface area contributed by atoms with E-state index in [0.29, 0.717) is 17.1 Å². The van der Waals surface area contributed by atoms with E-state index in [2.05, 4.69) is 10.2 Å². The van der Waals surface area contributed by atoms with Crippen molar-refractivity contribution in [2.24, 2.45) is 0 Å². The first-order valence-corrected chi connectivity index (χ1v) is 5.01. The standard InChI is InChI=1S/C12H12N2O3/c1-16-9-3-4-11(17-2)10(6-9)8-5-12(15)14-13-7-8/h3-7H,1-2H3,(H,14,15). The zero-order valence-corrected chi connectivity index (χ0v) is 9.56. The highest BCUT2D eigenvalue weighted by atomic mass is 16.5. The Labute approximate surface area is 98.0 Å². The molecule has 1 aromatic heterocycles. The Morgan fingerprint density at radius 2 is 2.00 bits per heavy atom. The Balaban J connectivity index is 2.59. The first-order valence-electron chi connectivity index (χ1n) is 5.01. The van der Waals surface area contributed by atoms with Gasteiger partial charge in [-0.25, -0.2) is 5.10 Å². The molecule has 0 saturated heterocycles. The third-order valence-electron chi connectivity index (χ3n) is 2.38. The summed E-state index contributed by atoms with van der Waals surface area (Å²) in [5.74, 6) is 1.36. The fourth-order valence-electron chi connectivity index (χ4n) is 1.56. The van der Waals surface area contributed by atoms with E-state index in [1.807, 2.05) is 0 Å². The number of H-pyrrole nitrogens is 1. The van der Waals surface area contributed by atoms with Crippen LogP contribution < -0.4 is 15.0 Å². The number of nitrogens with zero attached hydrogens (tertiary/aromatic N) is 1. The van der Waals surface area contributed by atoms with Crippen molar-refractivity contribution in [1.29, 1.82) is 0 Å². The Morgan fingerprint density at radius 1 is 1.18 bits per heavy atom. The fourth-order valence-corrected chi connectivity index (χ4v) is 1.56. The van der Waals surface area contributed by atoms with Gasteiger partial charge in [0.1, 0.15) is 11.5 Å². The predicted molar refractivity (Wildman–Crippen MR) is 63.4 cm³/mol. The largest absolute Gasteiger partial charge is 0.497 e. The monoisotopic (exact) mass is 232 g/mol. The maximum absolute atomic E-state index is 11.2. The minimum Gasteiger partial charge on any atom is -0.497 e. The summed E-state index contributed by atoms with van der Waals surface area (Å²) in [4.78, 5) is 11.2. The van der Waals surface area contributed by atoms with Crippen LogP contribution in [0.1, 0.15) is 0 Å². The van der Waals surface area contributed by atoms with Crippen LogP contribution in [-0.4, -0.2) is 24.4 Å². The van der Waals surface area contributed by atoms with Crippen LogP contribution in [0.2, 0.25) is 0 Å². The second-order valence-electron chi connectivity index (χ2n) is 3.40. The molecular formula is C12H12N2O3. The summed E-state index contributed by atoms with van der Waals surface area (Å²) in [6.45, 7) is 0. The molecule has 17 heavy (non-hydrogen) atoms. The van der Waals surface area contributed by atoms with Crippen molar-refractivity contribution < 1.29 is 9.47 Å². The summed E-state index contributed by atoms with van der Waals surface area (Å²) in [5, 5.41) is 6.09. The Bertz CT molecular complexity index is 578. The molecule has 0 saturated carbocycles. The molecular weight excluding hydrogens is 220 g/mol. The molecule has 0 radical (unpaired) electrons. The lowest BCUT2D eigenvalue weighted by Gasteiger charge is -2.09. The molecule has 1 heterocycles. The van der Waals surface area contributed by atoms with Crippen molar-refractivity contribution in [3.63, 3.8) is 0 Å². The molecule has 2 aromatic rings. The first kappa shape index (κ1) is 11.2. The molecule has 88 valence electrons. The van der Waals surface area contributed by atoms with Crippen LogP contribution in [0.3, 0.4) is 0 Å². The average Bonchev–Trinajstić information content (AvgIpc) is 2.38. The summed E-state index contributed by atoms with van der Waals surface area (Å²) in [6, 6.07) is 6.85. The van der Waals surface area contributed by atoms with Crippen LogP contribution in [0.25, 0.3) is 11.1 Å². The zero-order valence-electron chi connectivity index (χ0n) is 9.56. The van der Waals surface area contributed by atoms with Gasteiger partial charge >= 0.3 is 0 Å². The van der Waals surface area contributed by atoms with Crippen molar-refractivity contribution in [2.75, 3.05) is 14.2 Å². The molecule has 0 bridgehead atoms. The SMILES string of the molecule is COc1ccc(OC)c(-c2cn[nH]c(=O)c2)c1. The molecule has 0 aliphatic carbocycles. The second kappa shape index (κ2) is 4.69. The van der Waals surface area contributed by atoms with E-state index in [4.69, 9.17) is 9.47 Å². The van der Waals surface area contributed by atoms with Crippen molar-refractivity contribution in [1.82, 2.24) is 10.2 Å². The smallest absolute Gasteiger partial charge is 0.264 e. The number of rotatable bonds is 3. The molecule has 0 fully saturated rings. The predicted octanol–water partition coefficient (Wildman–Crippen LogP) is 1.45. The molecule has 5 heteroatoms. The van der Waals surface area contributed by atoms with Gasteiger partial charge in [-0.2, -0.15) is 5.10 Å². The number of aromatic amines is 1. The second-order valence-corrected chi connectivity index (χ2v) is 3.40. The van der Waals surface area contributed by atoms with Gasteiger partial charge in [-0.15, -0.1) is 0 Å². The van der Waals surface area contributed by atoms with Gasteiger partial charge in [-0.1, -0.05) is 0 Å². The highest BCUT2D eigenvalue weighted by molar-refractivity contribution is 5.71. The summed E-state index contributed by atoms with van der Waals surface area (Å²) in [6.07, 6.45) is 1.57. The van der Waals surface area contributed by atoms with Gasteiger partial charge in [0.15, 0.2) is 0 Å². The number of nitrogens with one attached hydrogen (secondary N) is 1. The van der Waals surface area contributed by atoms with Gasteiger partial charge < -0.3 is 9.47 Å². The Hall–Kier alpha value is -2.30. The van der Waals surface area contributed by atoms with Crippen molar-refractivity contribution in [3.8, 4) is 22.6 Å². The molecule has 1 aromatic carbocycles. The molecule has 2 rings (SSSR count). The topological polar surface area (TPSA) is 64.2 Å². The molecule has 0 amide bonds. The van der Waals surface area contributed by atoms with E-state index in [-0.39, 0.29) is 5.56 Å².